The van der Waals surface area contributed by atoms with Crippen LogP contribution >= 0.6 is 27.3 Å². The Labute approximate surface area is 136 Å². The predicted octanol–water partition coefficient (Wildman–Crippen LogP) is 3.73. The number of hydrogen-bond donors (Lipinski definition) is 2. The Morgan fingerprint density at radius 3 is 3.05 bits per heavy atom. The van der Waals surface area contributed by atoms with Crippen LogP contribution in [0.15, 0.2) is 39.3 Å². The Bertz CT molecular complexity index is 698. The fourth-order valence-electron chi connectivity index (χ4n) is 2.89. The zero-order chi connectivity index (χ0) is 15.0. The molecule has 3 N–H and O–H groups in total. The lowest BCUT2D eigenvalue weighted by molar-refractivity contribution is 0.318. The Morgan fingerprint density at radius 2 is 2.29 bits per heavy atom. The maximum atomic E-state index is 9.05. The number of thiophene rings is 1. The summed E-state index contributed by atoms with van der Waals surface area (Å²) in [6.45, 7) is 3.12. The average Bonchev–Trinajstić information content (AvgIpc) is 2.96. The minimum absolute atomic E-state index is 0.126. The second-order valence-electron chi connectivity index (χ2n) is 5.04. The minimum Gasteiger partial charge on any atom is -0.409 e. The van der Waals surface area contributed by atoms with Crippen molar-refractivity contribution in [1.29, 1.82) is 0 Å². The van der Waals surface area contributed by atoms with E-state index >= 15 is 0 Å². The molecule has 4 nitrogen and oxygen atoms in total. The van der Waals surface area contributed by atoms with Gasteiger partial charge in [0.15, 0.2) is 5.84 Å². The molecule has 0 radical (unpaired) electrons. The Balaban J connectivity index is 2.08. The van der Waals surface area contributed by atoms with Crippen molar-refractivity contribution in [2.45, 2.75) is 19.4 Å². The first kappa shape index (κ1) is 14.4. The Hall–Kier alpha value is -1.53. The number of nitrogens with zero attached hydrogens (tertiary/aromatic N) is 2. The number of benzene rings is 1. The zero-order valence-corrected chi connectivity index (χ0v) is 14.0. The first-order valence-corrected chi connectivity index (χ1v) is 8.40. The molecule has 0 spiro atoms. The molecule has 2 heterocycles. The summed E-state index contributed by atoms with van der Waals surface area (Å²) in [5.41, 5.74) is 8.97. The van der Waals surface area contributed by atoms with Gasteiger partial charge in [0, 0.05) is 21.6 Å². The normalized spacial score (nSPS) is 18.7. The molecule has 0 saturated carbocycles. The third kappa shape index (κ3) is 2.42. The molecule has 1 aromatic carbocycles. The van der Waals surface area contributed by atoms with E-state index in [0.717, 1.165) is 28.7 Å². The summed E-state index contributed by atoms with van der Waals surface area (Å²) in [5, 5.41) is 14.4. The molecule has 1 unspecified atom stereocenters. The van der Waals surface area contributed by atoms with E-state index in [9.17, 15) is 0 Å². The summed E-state index contributed by atoms with van der Waals surface area (Å²) < 4.78 is 0.832. The molecule has 0 fully saturated rings. The van der Waals surface area contributed by atoms with Crippen molar-refractivity contribution in [2.75, 3.05) is 11.4 Å². The van der Waals surface area contributed by atoms with Crippen LogP contribution in [0, 0.1) is 0 Å². The monoisotopic (exact) mass is 365 g/mol. The Kier molecular flexibility index (Phi) is 3.91. The van der Waals surface area contributed by atoms with E-state index in [0.29, 0.717) is 0 Å². The van der Waals surface area contributed by atoms with Gasteiger partial charge < -0.3 is 15.8 Å². The summed E-state index contributed by atoms with van der Waals surface area (Å²) >= 11 is 5.32. The van der Waals surface area contributed by atoms with Gasteiger partial charge in [-0.25, -0.2) is 0 Å². The fraction of sp³-hybridized carbons (Fsp3) is 0.267. The van der Waals surface area contributed by atoms with Crippen molar-refractivity contribution < 1.29 is 5.21 Å². The van der Waals surface area contributed by atoms with Gasteiger partial charge in [0.1, 0.15) is 0 Å². The van der Waals surface area contributed by atoms with E-state index in [4.69, 9.17) is 10.9 Å². The highest BCUT2D eigenvalue weighted by molar-refractivity contribution is 9.10. The first-order chi connectivity index (χ1) is 10.1. The van der Waals surface area contributed by atoms with Crippen LogP contribution in [-0.2, 0) is 6.42 Å². The molecule has 21 heavy (non-hydrogen) atoms. The van der Waals surface area contributed by atoms with Gasteiger partial charge in [0.05, 0.1) is 11.6 Å². The molecule has 0 amide bonds. The van der Waals surface area contributed by atoms with Gasteiger partial charge in [0.25, 0.3) is 0 Å². The second-order valence-corrected chi connectivity index (χ2v) is 6.89. The average molecular weight is 366 g/mol. The number of hydrogen-bond acceptors (Lipinski definition) is 4. The maximum absolute atomic E-state index is 9.05. The lowest BCUT2D eigenvalue weighted by Crippen LogP contribution is -2.35. The van der Waals surface area contributed by atoms with Gasteiger partial charge in [-0.05, 0) is 58.4 Å². The number of nitrogens with two attached hydrogens (primary N) is 1. The molecule has 0 bridgehead atoms. The van der Waals surface area contributed by atoms with Gasteiger partial charge in [-0.1, -0.05) is 11.2 Å². The molecule has 3 rings (SSSR count). The molecule has 6 heteroatoms. The number of anilines is 1. The van der Waals surface area contributed by atoms with Crippen LogP contribution in [0.25, 0.3) is 0 Å². The molecular weight excluding hydrogens is 350 g/mol. The second kappa shape index (κ2) is 5.69. The van der Waals surface area contributed by atoms with Crippen molar-refractivity contribution in [1.82, 2.24) is 0 Å². The summed E-state index contributed by atoms with van der Waals surface area (Å²) in [5.74, 6) is 0.126. The quantitative estimate of drug-likeness (QED) is 0.369. The van der Waals surface area contributed by atoms with Gasteiger partial charge in [-0.2, -0.15) is 0 Å². The third-order valence-corrected chi connectivity index (χ3v) is 5.60. The number of halogens is 1. The van der Waals surface area contributed by atoms with Crippen molar-refractivity contribution in [3.63, 3.8) is 0 Å². The fourth-order valence-corrected chi connectivity index (χ4v) is 4.42. The van der Waals surface area contributed by atoms with Crippen LogP contribution < -0.4 is 10.6 Å². The molecule has 0 aliphatic carbocycles. The van der Waals surface area contributed by atoms with E-state index in [-0.39, 0.29) is 11.9 Å². The molecule has 110 valence electrons. The van der Waals surface area contributed by atoms with E-state index in [2.05, 4.69) is 44.4 Å². The maximum Gasteiger partial charge on any atom is 0.173 e. The highest BCUT2D eigenvalue weighted by Gasteiger charge is 2.27. The van der Waals surface area contributed by atoms with E-state index in [1.54, 1.807) is 0 Å². The molecule has 1 aliphatic heterocycles. The minimum atomic E-state index is 0.126. The summed E-state index contributed by atoms with van der Waals surface area (Å²) in [6, 6.07) is 8.37. The van der Waals surface area contributed by atoms with Crippen LogP contribution in [0.3, 0.4) is 0 Å². The molecule has 1 atom stereocenters. The summed E-state index contributed by atoms with van der Waals surface area (Å²) in [7, 11) is 0. The van der Waals surface area contributed by atoms with Crippen LogP contribution in [-0.4, -0.2) is 17.6 Å². The van der Waals surface area contributed by atoms with E-state index in [1.807, 2.05) is 29.5 Å². The Morgan fingerprint density at radius 1 is 1.48 bits per heavy atom. The van der Waals surface area contributed by atoms with Gasteiger partial charge in [-0.3, -0.25) is 0 Å². The lowest BCUT2D eigenvalue weighted by atomic mass is 9.99. The zero-order valence-electron chi connectivity index (χ0n) is 11.6. The molecule has 2 aromatic rings. The molecular formula is C15H16BrN3OS. The molecule has 1 aliphatic rings. The number of fused-ring (bicyclic) bond motifs is 1. The highest BCUT2D eigenvalue weighted by atomic mass is 79.9. The number of oxime groups is 1. The summed E-state index contributed by atoms with van der Waals surface area (Å²) in [6.07, 6.45) is 1.03. The number of amidine groups is 1. The van der Waals surface area contributed by atoms with Crippen LogP contribution in [0.2, 0.25) is 0 Å². The van der Waals surface area contributed by atoms with Crippen molar-refractivity contribution >= 4 is 38.8 Å². The summed E-state index contributed by atoms with van der Waals surface area (Å²) in [4.78, 5) is 3.77. The molecule has 1 aromatic heterocycles. The number of rotatable bonds is 2. The highest BCUT2D eigenvalue weighted by Crippen LogP contribution is 2.38. The smallest absolute Gasteiger partial charge is 0.173 e. The van der Waals surface area contributed by atoms with Crippen molar-refractivity contribution in [2.24, 2.45) is 10.9 Å². The third-order valence-electron chi connectivity index (χ3n) is 3.94. The van der Waals surface area contributed by atoms with Crippen LogP contribution in [0.5, 0.6) is 0 Å². The first-order valence-electron chi connectivity index (χ1n) is 6.72. The van der Waals surface area contributed by atoms with Gasteiger partial charge in [0.2, 0.25) is 0 Å². The standard InChI is InChI=1S/C15H16BrN3OS/c1-9-10-6-8-21-13(10)5-7-19(9)12-4-2-3-11(16)14(12)15(17)18-20/h2-4,6,8-9,20H,5,7H2,1H3,(H2,17,18). The van der Waals surface area contributed by atoms with Crippen LogP contribution in [0.1, 0.15) is 29.0 Å². The van der Waals surface area contributed by atoms with Gasteiger partial charge >= 0.3 is 0 Å². The van der Waals surface area contributed by atoms with Crippen LogP contribution in [0.4, 0.5) is 5.69 Å². The van der Waals surface area contributed by atoms with Crippen molar-refractivity contribution in [3.05, 3.63) is 50.1 Å². The molecule has 0 saturated heterocycles. The SMILES string of the molecule is CC1c2ccsc2CCN1c1cccc(Br)c1/C(N)=N/O. The largest absolute Gasteiger partial charge is 0.409 e. The van der Waals surface area contributed by atoms with Gasteiger partial charge in [-0.15, -0.1) is 11.3 Å². The van der Waals surface area contributed by atoms with E-state index in [1.165, 1.54) is 10.4 Å². The van der Waals surface area contributed by atoms with E-state index < -0.39 is 0 Å². The predicted molar refractivity (Wildman–Crippen MR) is 90.4 cm³/mol. The topological polar surface area (TPSA) is 61.8 Å². The van der Waals surface area contributed by atoms with Crippen molar-refractivity contribution in [3.8, 4) is 0 Å². The lowest BCUT2D eigenvalue weighted by Gasteiger charge is -2.36.